The third-order valence-corrected chi connectivity index (χ3v) is 2.41. The van der Waals surface area contributed by atoms with Crippen molar-refractivity contribution in [2.24, 2.45) is 10.1 Å². The van der Waals surface area contributed by atoms with Gasteiger partial charge in [-0.2, -0.15) is 0 Å². The van der Waals surface area contributed by atoms with Crippen LogP contribution in [0.5, 0.6) is 0 Å². The molecule has 3 nitrogen and oxygen atoms in total. The minimum Gasteiger partial charge on any atom is -0.411 e. The van der Waals surface area contributed by atoms with Gasteiger partial charge < -0.3 is 5.21 Å². The molecule has 1 aromatic carbocycles. The minimum atomic E-state index is 0.573. The molecule has 0 saturated carbocycles. The molecular weight excluding hydrogens is 200 g/mol. The molecule has 0 spiro atoms. The van der Waals surface area contributed by atoms with Gasteiger partial charge in [-0.05, 0) is 38.8 Å². The Labute approximate surface area is 96.5 Å². The fraction of sp³-hybridized carbons (Fsp3) is 0.385. The standard InChI is InChI=1S/C13H18N2O/c1-9-7-10(2)13(11(3)8-9)14-6-5-12(4)15-16/h6-8,16H,5H2,1-4H3. The highest BCUT2D eigenvalue weighted by Crippen LogP contribution is 2.24. The summed E-state index contributed by atoms with van der Waals surface area (Å²) in [6.45, 7) is 7.95. The zero-order chi connectivity index (χ0) is 12.1. The SMILES string of the molecule is CC(CC=Nc1c(C)cc(C)cc1C)=NO. The van der Waals surface area contributed by atoms with Gasteiger partial charge in [0.15, 0.2) is 0 Å². The molecule has 16 heavy (non-hydrogen) atoms. The fourth-order valence-corrected chi connectivity index (χ4v) is 1.69. The van der Waals surface area contributed by atoms with E-state index in [-0.39, 0.29) is 0 Å². The molecule has 1 aromatic rings. The molecule has 1 N–H and O–H groups in total. The van der Waals surface area contributed by atoms with Gasteiger partial charge in [0.1, 0.15) is 0 Å². The van der Waals surface area contributed by atoms with E-state index in [9.17, 15) is 0 Å². The monoisotopic (exact) mass is 218 g/mol. The van der Waals surface area contributed by atoms with E-state index < -0.39 is 0 Å². The molecule has 0 bridgehead atoms. The van der Waals surface area contributed by atoms with Crippen LogP contribution in [-0.4, -0.2) is 17.1 Å². The second kappa shape index (κ2) is 5.45. The highest BCUT2D eigenvalue weighted by atomic mass is 16.4. The molecule has 0 aliphatic heterocycles. The van der Waals surface area contributed by atoms with Crippen molar-refractivity contribution in [3.63, 3.8) is 0 Å². The Morgan fingerprint density at radius 3 is 2.31 bits per heavy atom. The Bertz CT molecular complexity index is 411. The third kappa shape index (κ3) is 3.19. The van der Waals surface area contributed by atoms with Crippen LogP contribution in [0, 0.1) is 20.8 Å². The maximum atomic E-state index is 8.50. The molecule has 0 fully saturated rings. The minimum absolute atomic E-state index is 0.573. The van der Waals surface area contributed by atoms with Gasteiger partial charge >= 0.3 is 0 Å². The Morgan fingerprint density at radius 2 is 1.81 bits per heavy atom. The van der Waals surface area contributed by atoms with Crippen LogP contribution in [0.2, 0.25) is 0 Å². The van der Waals surface area contributed by atoms with Crippen molar-refractivity contribution in [3.8, 4) is 0 Å². The molecule has 0 aliphatic carbocycles. The van der Waals surface area contributed by atoms with E-state index in [1.165, 1.54) is 16.7 Å². The van der Waals surface area contributed by atoms with Crippen LogP contribution >= 0.6 is 0 Å². The van der Waals surface area contributed by atoms with Gasteiger partial charge in [0.25, 0.3) is 0 Å². The largest absolute Gasteiger partial charge is 0.411 e. The van der Waals surface area contributed by atoms with Gasteiger partial charge in [-0.15, -0.1) is 0 Å². The second-order valence-corrected chi connectivity index (χ2v) is 4.10. The number of hydrogen-bond donors (Lipinski definition) is 1. The molecule has 86 valence electrons. The Kier molecular flexibility index (Phi) is 4.23. The molecule has 0 amide bonds. The second-order valence-electron chi connectivity index (χ2n) is 4.10. The molecule has 0 unspecified atom stereocenters. The summed E-state index contributed by atoms with van der Waals surface area (Å²) < 4.78 is 0. The lowest BCUT2D eigenvalue weighted by Gasteiger charge is -2.06. The van der Waals surface area contributed by atoms with Crippen LogP contribution in [0.3, 0.4) is 0 Å². The van der Waals surface area contributed by atoms with Crippen LogP contribution in [0.1, 0.15) is 30.0 Å². The lowest BCUT2D eigenvalue weighted by molar-refractivity contribution is 0.318. The first kappa shape index (κ1) is 12.4. The van der Waals surface area contributed by atoms with Crippen molar-refractivity contribution >= 4 is 17.6 Å². The van der Waals surface area contributed by atoms with Gasteiger partial charge in [0.05, 0.1) is 11.4 Å². The van der Waals surface area contributed by atoms with Gasteiger partial charge in [0.2, 0.25) is 0 Å². The first-order chi connectivity index (χ1) is 7.54. The van der Waals surface area contributed by atoms with Crippen molar-refractivity contribution in [3.05, 3.63) is 28.8 Å². The molecule has 0 saturated heterocycles. The number of hydrogen-bond acceptors (Lipinski definition) is 3. The maximum absolute atomic E-state index is 8.50. The quantitative estimate of drug-likeness (QED) is 0.470. The topological polar surface area (TPSA) is 45.0 Å². The van der Waals surface area contributed by atoms with Crippen molar-refractivity contribution in [2.45, 2.75) is 34.1 Å². The molecule has 3 heteroatoms. The Morgan fingerprint density at radius 1 is 1.25 bits per heavy atom. The lowest BCUT2D eigenvalue weighted by Crippen LogP contribution is -1.91. The van der Waals surface area contributed by atoms with Crippen LogP contribution in [0.15, 0.2) is 22.3 Å². The van der Waals surface area contributed by atoms with Crippen LogP contribution in [-0.2, 0) is 0 Å². The summed E-state index contributed by atoms with van der Waals surface area (Å²) in [5.41, 5.74) is 5.27. The molecular formula is C13H18N2O. The highest BCUT2D eigenvalue weighted by molar-refractivity contribution is 5.94. The smallest absolute Gasteiger partial charge is 0.0684 e. The predicted octanol–water partition coefficient (Wildman–Crippen LogP) is 3.55. The Hall–Kier alpha value is -1.64. The Balaban J connectivity index is 2.89. The summed E-state index contributed by atoms with van der Waals surface area (Å²) in [6, 6.07) is 4.24. The summed E-state index contributed by atoms with van der Waals surface area (Å²) >= 11 is 0. The molecule has 0 aromatic heterocycles. The van der Waals surface area contributed by atoms with Gasteiger partial charge in [-0.25, -0.2) is 0 Å². The van der Waals surface area contributed by atoms with E-state index in [0.717, 1.165) is 5.69 Å². The number of benzene rings is 1. The molecule has 0 radical (unpaired) electrons. The van der Waals surface area contributed by atoms with E-state index in [1.54, 1.807) is 13.1 Å². The zero-order valence-corrected chi connectivity index (χ0v) is 10.3. The van der Waals surface area contributed by atoms with E-state index >= 15 is 0 Å². The fourth-order valence-electron chi connectivity index (χ4n) is 1.69. The maximum Gasteiger partial charge on any atom is 0.0684 e. The van der Waals surface area contributed by atoms with E-state index in [1.807, 2.05) is 0 Å². The summed E-state index contributed by atoms with van der Waals surface area (Å²) in [5.74, 6) is 0. The molecule has 0 heterocycles. The summed E-state index contributed by atoms with van der Waals surface area (Å²) in [6.07, 6.45) is 2.35. The van der Waals surface area contributed by atoms with Gasteiger partial charge in [-0.3, -0.25) is 4.99 Å². The molecule has 0 aliphatic rings. The van der Waals surface area contributed by atoms with Crippen molar-refractivity contribution in [1.29, 1.82) is 0 Å². The van der Waals surface area contributed by atoms with E-state index in [4.69, 9.17) is 5.21 Å². The first-order valence-electron chi connectivity index (χ1n) is 5.32. The van der Waals surface area contributed by atoms with Gasteiger partial charge in [-0.1, -0.05) is 22.9 Å². The van der Waals surface area contributed by atoms with Crippen molar-refractivity contribution in [1.82, 2.24) is 0 Å². The predicted molar refractivity (Wildman–Crippen MR) is 68.3 cm³/mol. The van der Waals surface area contributed by atoms with Crippen molar-refractivity contribution < 1.29 is 5.21 Å². The molecule has 0 atom stereocenters. The van der Waals surface area contributed by atoms with E-state index in [2.05, 4.69) is 43.1 Å². The average Bonchev–Trinajstić information content (AvgIpc) is 2.21. The summed E-state index contributed by atoms with van der Waals surface area (Å²) in [4.78, 5) is 4.42. The normalized spacial score (nSPS) is 12.4. The number of aliphatic imine (C=N–C) groups is 1. The third-order valence-electron chi connectivity index (χ3n) is 2.41. The van der Waals surface area contributed by atoms with Crippen LogP contribution < -0.4 is 0 Å². The van der Waals surface area contributed by atoms with Crippen LogP contribution in [0.4, 0.5) is 5.69 Å². The zero-order valence-electron chi connectivity index (χ0n) is 10.3. The summed E-state index contributed by atoms with van der Waals surface area (Å²) in [7, 11) is 0. The number of rotatable bonds is 3. The van der Waals surface area contributed by atoms with Crippen molar-refractivity contribution in [2.75, 3.05) is 0 Å². The van der Waals surface area contributed by atoms with Gasteiger partial charge in [0, 0.05) is 12.6 Å². The summed E-state index contributed by atoms with van der Waals surface area (Å²) in [5, 5.41) is 11.6. The number of oxime groups is 1. The number of aryl methyl sites for hydroxylation is 3. The van der Waals surface area contributed by atoms with Crippen LogP contribution in [0.25, 0.3) is 0 Å². The average molecular weight is 218 g/mol. The molecule has 1 rings (SSSR count). The number of nitrogens with zero attached hydrogens (tertiary/aromatic N) is 2. The first-order valence-corrected chi connectivity index (χ1v) is 5.32. The highest BCUT2D eigenvalue weighted by Gasteiger charge is 2.01. The van der Waals surface area contributed by atoms with E-state index in [0.29, 0.717) is 12.1 Å². The lowest BCUT2D eigenvalue weighted by atomic mass is 10.1.